The smallest absolute Gasteiger partial charge is 0.226 e. The van der Waals surface area contributed by atoms with Gasteiger partial charge in [-0.3, -0.25) is 4.79 Å². The molecule has 2 atom stereocenters. The zero-order valence-corrected chi connectivity index (χ0v) is 13.5. The number of carbonyl (C=O) groups excluding carboxylic acids is 1. The minimum atomic E-state index is -0.112. The highest BCUT2D eigenvalue weighted by molar-refractivity contribution is 5.85. The molecule has 1 saturated heterocycles. The highest BCUT2D eigenvalue weighted by Gasteiger charge is 2.32. The van der Waals surface area contributed by atoms with Crippen molar-refractivity contribution in [2.24, 2.45) is 5.92 Å². The summed E-state index contributed by atoms with van der Waals surface area (Å²) in [5.74, 6) is 0.0221. The first-order valence-electron chi connectivity index (χ1n) is 7.33. The summed E-state index contributed by atoms with van der Waals surface area (Å²) >= 11 is 0. The largest absolute Gasteiger partial charge is 0.373 e. The van der Waals surface area contributed by atoms with Gasteiger partial charge in [0.2, 0.25) is 5.91 Å². The van der Waals surface area contributed by atoms with E-state index in [0.29, 0.717) is 6.54 Å². The predicted molar refractivity (Wildman–Crippen MR) is 86.8 cm³/mol. The van der Waals surface area contributed by atoms with E-state index in [2.05, 4.69) is 41.8 Å². The van der Waals surface area contributed by atoms with E-state index < -0.39 is 0 Å². The Balaban J connectivity index is 0.00000220. The standard InChI is InChI=1S/C16H24N2O2.ClH/c1-12-5-7-13(8-6-12)15-14(4-3-11-20-15)16(19)18-10-9-17-2;/h5-8,14-15,17H,3-4,9-11H2,1-2H3,(H,18,19);1H. The fourth-order valence-electron chi connectivity index (χ4n) is 2.58. The third kappa shape index (κ3) is 4.99. The average molecular weight is 313 g/mol. The fraction of sp³-hybridized carbons (Fsp3) is 0.562. The summed E-state index contributed by atoms with van der Waals surface area (Å²) < 4.78 is 5.87. The minimum absolute atomic E-state index is 0. The monoisotopic (exact) mass is 312 g/mol. The van der Waals surface area contributed by atoms with Crippen LogP contribution in [0.4, 0.5) is 0 Å². The van der Waals surface area contributed by atoms with Gasteiger partial charge < -0.3 is 15.4 Å². The van der Waals surface area contributed by atoms with Crippen molar-refractivity contribution >= 4 is 18.3 Å². The lowest BCUT2D eigenvalue weighted by Crippen LogP contribution is -2.39. The van der Waals surface area contributed by atoms with Crippen molar-refractivity contribution in [2.75, 3.05) is 26.7 Å². The molecule has 0 bridgehead atoms. The van der Waals surface area contributed by atoms with Gasteiger partial charge in [0.15, 0.2) is 0 Å². The van der Waals surface area contributed by atoms with Crippen molar-refractivity contribution in [3.8, 4) is 0 Å². The number of likely N-dealkylation sites (N-methyl/N-ethyl adjacent to an activating group) is 1. The van der Waals surface area contributed by atoms with E-state index in [0.717, 1.165) is 31.6 Å². The van der Waals surface area contributed by atoms with Gasteiger partial charge >= 0.3 is 0 Å². The zero-order chi connectivity index (χ0) is 14.4. The Hall–Kier alpha value is -1.10. The van der Waals surface area contributed by atoms with E-state index in [1.165, 1.54) is 5.56 Å². The van der Waals surface area contributed by atoms with E-state index in [1.807, 2.05) is 7.05 Å². The van der Waals surface area contributed by atoms with Crippen LogP contribution in [-0.2, 0) is 9.53 Å². The first-order chi connectivity index (χ1) is 9.72. The van der Waals surface area contributed by atoms with Gasteiger partial charge in [-0.2, -0.15) is 0 Å². The van der Waals surface area contributed by atoms with Gasteiger partial charge in [-0.15, -0.1) is 12.4 Å². The summed E-state index contributed by atoms with van der Waals surface area (Å²) in [7, 11) is 1.88. The zero-order valence-electron chi connectivity index (χ0n) is 12.7. The van der Waals surface area contributed by atoms with Crippen molar-refractivity contribution in [1.82, 2.24) is 10.6 Å². The molecule has 0 spiro atoms. The molecule has 21 heavy (non-hydrogen) atoms. The number of hydrogen-bond donors (Lipinski definition) is 2. The second-order valence-electron chi connectivity index (χ2n) is 5.35. The maximum Gasteiger partial charge on any atom is 0.226 e. The number of benzene rings is 1. The lowest BCUT2D eigenvalue weighted by Gasteiger charge is -2.31. The third-order valence-corrected chi connectivity index (χ3v) is 3.74. The molecule has 1 fully saturated rings. The Morgan fingerprint density at radius 2 is 2.00 bits per heavy atom. The molecule has 1 aliphatic rings. The predicted octanol–water partition coefficient (Wildman–Crippen LogP) is 2.22. The number of rotatable bonds is 5. The van der Waals surface area contributed by atoms with E-state index >= 15 is 0 Å². The molecule has 1 amide bonds. The van der Waals surface area contributed by atoms with Crippen LogP contribution in [0.15, 0.2) is 24.3 Å². The van der Waals surface area contributed by atoms with Crippen molar-refractivity contribution in [1.29, 1.82) is 0 Å². The van der Waals surface area contributed by atoms with Crippen LogP contribution in [0.5, 0.6) is 0 Å². The van der Waals surface area contributed by atoms with E-state index in [4.69, 9.17) is 4.74 Å². The van der Waals surface area contributed by atoms with E-state index in [9.17, 15) is 4.79 Å². The summed E-state index contributed by atoms with van der Waals surface area (Å²) in [6.07, 6.45) is 1.73. The van der Waals surface area contributed by atoms with Crippen molar-refractivity contribution in [2.45, 2.75) is 25.9 Å². The second-order valence-corrected chi connectivity index (χ2v) is 5.35. The Morgan fingerprint density at radius 1 is 1.29 bits per heavy atom. The van der Waals surface area contributed by atoms with Crippen LogP contribution in [0.2, 0.25) is 0 Å². The molecule has 1 aromatic rings. The molecule has 0 saturated carbocycles. The summed E-state index contributed by atoms with van der Waals surface area (Å²) in [5, 5.41) is 6.01. The van der Waals surface area contributed by atoms with Crippen molar-refractivity contribution < 1.29 is 9.53 Å². The number of amides is 1. The first-order valence-corrected chi connectivity index (χ1v) is 7.33. The molecule has 2 rings (SSSR count). The topological polar surface area (TPSA) is 50.4 Å². The van der Waals surface area contributed by atoms with Gasteiger partial charge in [-0.05, 0) is 32.4 Å². The van der Waals surface area contributed by atoms with Gasteiger partial charge in [0.1, 0.15) is 0 Å². The van der Waals surface area contributed by atoms with Crippen LogP contribution >= 0.6 is 12.4 Å². The van der Waals surface area contributed by atoms with Gasteiger partial charge in [0.05, 0.1) is 12.0 Å². The molecule has 118 valence electrons. The number of ether oxygens (including phenoxy) is 1. The van der Waals surface area contributed by atoms with Crippen molar-refractivity contribution in [3.63, 3.8) is 0 Å². The molecule has 0 aromatic heterocycles. The van der Waals surface area contributed by atoms with Crippen molar-refractivity contribution in [3.05, 3.63) is 35.4 Å². The highest BCUT2D eigenvalue weighted by atomic mass is 35.5. The van der Waals surface area contributed by atoms with Gasteiger partial charge in [0.25, 0.3) is 0 Å². The SMILES string of the molecule is CNCCNC(=O)C1CCCOC1c1ccc(C)cc1.Cl. The fourth-order valence-corrected chi connectivity index (χ4v) is 2.58. The van der Waals surface area contributed by atoms with Crippen LogP contribution in [0.3, 0.4) is 0 Å². The normalized spacial score (nSPS) is 21.4. The molecule has 2 N–H and O–H groups in total. The Kier molecular flexibility index (Phi) is 7.72. The van der Waals surface area contributed by atoms with Crippen LogP contribution in [-0.4, -0.2) is 32.7 Å². The minimum Gasteiger partial charge on any atom is -0.373 e. The molecule has 1 heterocycles. The molecule has 1 aromatic carbocycles. The molecule has 0 aliphatic carbocycles. The maximum absolute atomic E-state index is 12.3. The maximum atomic E-state index is 12.3. The lowest BCUT2D eigenvalue weighted by molar-refractivity contribution is -0.134. The Morgan fingerprint density at radius 3 is 2.67 bits per heavy atom. The van der Waals surface area contributed by atoms with Crippen LogP contribution in [0.25, 0.3) is 0 Å². The molecule has 5 heteroatoms. The molecule has 2 unspecified atom stereocenters. The first kappa shape index (κ1) is 18.0. The average Bonchev–Trinajstić information content (AvgIpc) is 2.48. The number of aryl methyl sites for hydroxylation is 1. The Labute approximate surface area is 133 Å². The number of carbonyl (C=O) groups is 1. The van der Waals surface area contributed by atoms with Gasteiger partial charge in [0, 0.05) is 19.7 Å². The van der Waals surface area contributed by atoms with E-state index in [-0.39, 0.29) is 30.3 Å². The summed E-state index contributed by atoms with van der Waals surface area (Å²) in [4.78, 5) is 12.3. The summed E-state index contributed by atoms with van der Waals surface area (Å²) in [6, 6.07) is 8.28. The number of halogens is 1. The number of hydrogen-bond acceptors (Lipinski definition) is 3. The second kappa shape index (κ2) is 9.03. The van der Waals surface area contributed by atoms with Crippen LogP contribution in [0.1, 0.15) is 30.1 Å². The van der Waals surface area contributed by atoms with Gasteiger partial charge in [-0.1, -0.05) is 29.8 Å². The van der Waals surface area contributed by atoms with Crippen LogP contribution < -0.4 is 10.6 Å². The lowest BCUT2D eigenvalue weighted by atomic mass is 9.88. The Bertz CT molecular complexity index is 436. The number of nitrogens with one attached hydrogen (secondary N) is 2. The third-order valence-electron chi connectivity index (χ3n) is 3.74. The molecule has 4 nitrogen and oxygen atoms in total. The molecular formula is C16H25ClN2O2. The van der Waals surface area contributed by atoms with Crippen LogP contribution in [0, 0.1) is 12.8 Å². The van der Waals surface area contributed by atoms with E-state index in [1.54, 1.807) is 0 Å². The summed E-state index contributed by atoms with van der Waals surface area (Å²) in [5.41, 5.74) is 2.32. The molecule has 0 radical (unpaired) electrons. The molecule has 1 aliphatic heterocycles. The van der Waals surface area contributed by atoms with Gasteiger partial charge in [-0.25, -0.2) is 0 Å². The highest BCUT2D eigenvalue weighted by Crippen LogP contribution is 2.33. The quantitative estimate of drug-likeness (QED) is 0.820. The summed E-state index contributed by atoms with van der Waals surface area (Å²) in [6.45, 7) is 4.24. The molecular weight excluding hydrogens is 288 g/mol.